The summed E-state index contributed by atoms with van der Waals surface area (Å²) >= 11 is 3.31. The van der Waals surface area contributed by atoms with Crippen molar-refractivity contribution in [3.8, 4) is 0 Å². The monoisotopic (exact) mass is 255 g/mol. The number of nitrogens with one attached hydrogen (secondary N) is 1. The summed E-state index contributed by atoms with van der Waals surface area (Å²) in [7, 11) is 0. The zero-order chi connectivity index (χ0) is 10.6. The van der Waals surface area contributed by atoms with E-state index >= 15 is 0 Å². The highest BCUT2D eigenvalue weighted by molar-refractivity contribution is 9.10. The molecule has 1 rings (SSSR count). The third-order valence-electron chi connectivity index (χ3n) is 1.93. The standard InChI is InChI=1S/C11H14BrNO/c1-3-10(12)11(14)13-9-6-4-5-8(2)7-9/h4-7,10H,3H2,1-2H3,(H,13,14). The minimum atomic E-state index is -0.108. The summed E-state index contributed by atoms with van der Waals surface area (Å²) in [6, 6.07) is 7.77. The zero-order valence-corrected chi connectivity index (χ0v) is 9.97. The fourth-order valence-electron chi connectivity index (χ4n) is 1.13. The molecule has 1 amide bonds. The molecule has 2 nitrogen and oxygen atoms in total. The first-order valence-electron chi connectivity index (χ1n) is 4.65. The van der Waals surface area contributed by atoms with E-state index < -0.39 is 0 Å². The quantitative estimate of drug-likeness (QED) is 0.827. The van der Waals surface area contributed by atoms with Gasteiger partial charge in [0.25, 0.3) is 0 Å². The first-order valence-corrected chi connectivity index (χ1v) is 5.56. The van der Waals surface area contributed by atoms with Crippen molar-refractivity contribution in [1.82, 2.24) is 0 Å². The van der Waals surface area contributed by atoms with Crippen LogP contribution >= 0.6 is 15.9 Å². The molecule has 76 valence electrons. The van der Waals surface area contributed by atoms with Crippen LogP contribution in [0.5, 0.6) is 0 Å². The second-order valence-corrected chi connectivity index (χ2v) is 4.34. The molecule has 3 heteroatoms. The van der Waals surface area contributed by atoms with Crippen LogP contribution in [0.3, 0.4) is 0 Å². The molecule has 0 fully saturated rings. The molecule has 0 aliphatic carbocycles. The highest BCUT2D eigenvalue weighted by Gasteiger charge is 2.11. The molecule has 0 saturated carbocycles. The van der Waals surface area contributed by atoms with Gasteiger partial charge in [0, 0.05) is 5.69 Å². The number of aryl methyl sites for hydroxylation is 1. The van der Waals surface area contributed by atoms with Crippen molar-refractivity contribution < 1.29 is 4.79 Å². The molecule has 1 aromatic carbocycles. The lowest BCUT2D eigenvalue weighted by Gasteiger charge is -2.08. The van der Waals surface area contributed by atoms with E-state index in [1.165, 1.54) is 0 Å². The summed E-state index contributed by atoms with van der Waals surface area (Å²) in [6.45, 7) is 3.97. The largest absolute Gasteiger partial charge is 0.325 e. The second kappa shape index (κ2) is 5.15. The average molecular weight is 256 g/mol. The molecule has 0 radical (unpaired) electrons. The Morgan fingerprint density at radius 3 is 2.86 bits per heavy atom. The SMILES string of the molecule is CCC(Br)C(=O)Nc1cccc(C)c1. The van der Waals surface area contributed by atoms with Crippen LogP contribution in [-0.4, -0.2) is 10.7 Å². The number of hydrogen-bond acceptors (Lipinski definition) is 1. The van der Waals surface area contributed by atoms with E-state index in [1.54, 1.807) is 0 Å². The van der Waals surface area contributed by atoms with Crippen molar-refractivity contribution in [2.24, 2.45) is 0 Å². The van der Waals surface area contributed by atoms with Gasteiger partial charge in [-0.25, -0.2) is 0 Å². The van der Waals surface area contributed by atoms with E-state index in [1.807, 2.05) is 38.1 Å². The van der Waals surface area contributed by atoms with Crippen LogP contribution in [0.15, 0.2) is 24.3 Å². The Hall–Kier alpha value is -0.830. The number of rotatable bonds is 3. The smallest absolute Gasteiger partial charge is 0.238 e. The van der Waals surface area contributed by atoms with Crippen LogP contribution in [0.4, 0.5) is 5.69 Å². The molecule has 0 bridgehead atoms. The van der Waals surface area contributed by atoms with Crippen LogP contribution in [0.1, 0.15) is 18.9 Å². The number of carbonyl (C=O) groups is 1. The number of anilines is 1. The molecule has 1 N–H and O–H groups in total. The molecular weight excluding hydrogens is 242 g/mol. The zero-order valence-electron chi connectivity index (χ0n) is 8.38. The predicted octanol–water partition coefficient (Wildman–Crippen LogP) is 3.11. The Morgan fingerprint density at radius 1 is 1.57 bits per heavy atom. The van der Waals surface area contributed by atoms with Crippen molar-refractivity contribution in [2.45, 2.75) is 25.1 Å². The maximum absolute atomic E-state index is 11.5. The highest BCUT2D eigenvalue weighted by atomic mass is 79.9. The number of halogens is 1. The van der Waals surface area contributed by atoms with Gasteiger partial charge in [0.15, 0.2) is 0 Å². The summed E-state index contributed by atoms with van der Waals surface area (Å²) < 4.78 is 0. The Labute approximate surface area is 92.8 Å². The number of alkyl halides is 1. The summed E-state index contributed by atoms with van der Waals surface area (Å²) in [5, 5.41) is 2.85. The molecule has 14 heavy (non-hydrogen) atoms. The molecular formula is C11H14BrNO. The van der Waals surface area contributed by atoms with Gasteiger partial charge < -0.3 is 5.32 Å². The normalized spacial score (nSPS) is 12.2. The topological polar surface area (TPSA) is 29.1 Å². The van der Waals surface area contributed by atoms with Gasteiger partial charge in [0.05, 0.1) is 4.83 Å². The minimum Gasteiger partial charge on any atom is -0.325 e. The summed E-state index contributed by atoms with van der Waals surface area (Å²) in [6.07, 6.45) is 0.789. The predicted molar refractivity (Wildman–Crippen MR) is 62.8 cm³/mol. The van der Waals surface area contributed by atoms with Crippen molar-refractivity contribution in [1.29, 1.82) is 0 Å². The van der Waals surface area contributed by atoms with E-state index in [0.717, 1.165) is 17.7 Å². The van der Waals surface area contributed by atoms with E-state index in [0.29, 0.717) is 0 Å². The van der Waals surface area contributed by atoms with E-state index in [4.69, 9.17) is 0 Å². The van der Waals surface area contributed by atoms with Crippen molar-refractivity contribution >= 4 is 27.5 Å². The molecule has 1 unspecified atom stereocenters. The van der Waals surface area contributed by atoms with Crippen LogP contribution < -0.4 is 5.32 Å². The first kappa shape index (κ1) is 11.2. The first-order chi connectivity index (χ1) is 6.63. The lowest BCUT2D eigenvalue weighted by molar-refractivity contribution is -0.115. The molecule has 0 aliphatic heterocycles. The molecule has 0 saturated heterocycles. The van der Waals surface area contributed by atoms with Crippen LogP contribution in [-0.2, 0) is 4.79 Å². The van der Waals surface area contributed by atoms with Crippen molar-refractivity contribution in [3.05, 3.63) is 29.8 Å². The van der Waals surface area contributed by atoms with Gasteiger partial charge in [-0.2, -0.15) is 0 Å². The third-order valence-corrected chi connectivity index (χ3v) is 2.99. The van der Waals surface area contributed by atoms with Gasteiger partial charge >= 0.3 is 0 Å². The molecule has 0 aliphatic rings. The van der Waals surface area contributed by atoms with Gasteiger partial charge in [-0.05, 0) is 31.0 Å². The van der Waals surface area contributed by atoms with Crippen molar-refractivity contribution in [2.75, 3.05) is 5.32 Å². The minimum absolute atomic E-state index is 0.0121. The lowest BCUT2D eigenvalue weighted by Crippen LogP contribution is -2.21. The Kier molecular flexibility index (Phi) is 4.14. The molecule has 0 heterocycles. The van der Waals surface area contributed by atoms with E-state index in [-0.39, 0.29) is 10.7 Å². The maximum Gasteiger partial charge on any atom is 0.238 e. The lowest BCUT2D eigenvalue weighted by atomic mass is 10.2. The second-order valence-electron chi connectivity index (χ2n) is 3.23. The van der Waals surface area contributed by atoms with Gasteiger partial charge in [-0.15, -0.1) is 0 Å². The van der Waals surface area contributed by atoms with Gasteiger partial charge in [-0.1, -0.05) is 35.0 Å². The highest BCUT2D eigenvalue weighted by Crippen LogP contribution is 2.12. The summed E-state index contributed by atoms with van der Waals surface area (Å²) in [5.74, 6) is 0.0121. The van der Waals surface area contributed by atoms with Gasteiger partial charge in [0.1, 0.15) is 0 Å². The summed E-state index contributed by atoms with van der Waals surface area (Å²) in [4.78, 5) is 11.4. The molecule has 0 spiro atoms. The maximum atomic E-state index is 11.5. The van der Waals surface area contributed by atoms with Gasteiger partial charge in [-0.3, -0.25) is 4.79 Å². The number of hydrogen-bond donors (Lipinski definition) is 1. The van der Waals surface area contributed by atoms with Crippen LogP contribution in [0.25, 0.3) is 0 Å². The molecule has 1 atom stereocenters. The third kappa shape index (κ3) is 3.14. The summed E-state index contributed by atoms with van der Waals surface area (Å²) in [5.41, 5.74) is 2.00. The number of amides is 1. The number of carbonyl (C=O) groups excluding carboxylic acids is 1. The van der Waals surface area contributed by atoms with E-state index in [2.05, 4.69) is 21.2 Å². The Morgan fingerprint density at radius 2 is 2.29 bits per heavy atom. The van der Waals surface area contributed by atoms with Gasteiger partial charge in [0.2, 0.25) is 5.91 Å². The Bertz CT molecular complexity index is 325. The number of benzene rings is 1. The van der Waals surface area contributed by atoms with Crippen LogP contribution in [0, 0.1) is 6.92 Å². The Balaban J connectivity index is 2.65. The average Bonchev–Trinajstić information content (AvgIpc) is 2.16. The molecule has 0 aromatic heterocycles. The fourth-order valence-corrected chi connectivity index (χ4v) is 1.24. The fraction of sp³-hybridized carbons (Fsp3) is 0.364. The van der Waals surface area contributed by atoms with E-state index in [9.17, 15) is 4.79 Å². The molecule has 1 aromatic rings. The van der Waals surface area contributed by atoms with Crippen molar-refractivity contribution in [3.63, 3.8) is 0 Å². The van der Waals surface area contributed by atoms with Crippen LogP contribution in [0.2, 0.25) is 0 Å².